The van der Waals surface area contributed by atoms with Gasteiger partial charge in [-0.05, 0) is 49.6 Å². The van der Waals surface area contributed by atoms with Gasteiger partial charge in [0.15, 0.2) is 11.6 Å². The third-order valence-corrected chi connectivity index (χ3v) is 5.62. The first-order valence-electron chi connectivity index (χ1n) is 10.5. The Labute approximate surface area is 190 Å². The van der Waals surface area contributed by atoms with Crippen molar-refractivity contribution in [2.45, 2.75) is 44.0 Å². The summed E-state index contributed by atoms with van der Waals surface area (Å²) in [5, 5.41) is 5.21. The van der Waals surface area contributed by atoms with Crippen LogP contribution in [0.15, 0.2) is 42.6 Å². The zero-order valence-corrected chi connectivity index (χ0v) is 17.6. The molecule has 0 bridgehead atoms. The van der Waals surface area contributed by atoms with E-state index in [1.54, 1.807) is 0 Å². The third-order valence-electron chi connectivity index (χ3n) is 5.62. The number of amides is 2. The summed E-state index contributed by atoms with van der Waals surface area (Å²) in [7, 11) is 0. The summed E-state index contributed by atoms with van der Waals surface area (Å²) >= 11 is 0. The number of halogens is 5. The van der Waals surface area contributed by atoms with Crippen LogP contribution in [0.1, 0.15) is 31.2 Å². The Morgan fingerprint density at radius 1 is 1.00 bits per heavy atom. The number of rotatable bonds is 4. The van der Waals surface area contributed by atoms with Crippen LogP contribution in [0, 0.1) is 11.6 Å². The molecule has 2 atom stereocenters. The Balaban J connectivity index is 1.33. The number of hydrogen-bond acceptors (Lipinski definition) is 3. The number of H-pyrrole nitrogens is 1. The van der Waals surface area contributed by atoms with Crippen molar-refractivity contribution in [3.8, 4) is 5.75 Å². The highest BCUT2D eigenvalue weighted by Crippen LogP contribution is 2.31. The Hall–Kier alpha value is -3.63. The number of alkyl halides is 3. The lowest BCUT2D eigenvalue weighted by molar-refractivity contribution is -0.137. The Morgan fingerprint density at radius 3 is 2.41 bits per heavy atom. The minimum atomic E-state index is -4.43. The Kier molecular flexibility index (Phi) is 6.45. The molecule has 1 aromatic heterocycles. The number of ether oxygens (including phenoxy) is 1. The predicted molar refractivity (Wildman–Crippen MR) is 113 cm³/mol. The number of carbonyl (C=O) groups excluding carboxylic acids is 2. The number of aromatic amines is 1. The molecule has 1 aliphatic rings. The second-order valence-corrected chi connectivity index (χ2v) is 8.07. The van der Waals surface area contributed by atoms with Crippen molar-refractivity contribution in [3.63, 3.8) is 0 Å². The summed E-state index contributed by atoms with van der Waals surface area (Å²) in [5.74, 6) is -3.73. The van der Waals surface area contributed by atoms with Gasteiger partial charge in [0.1, 0.15) is 11.9 Å². The van der Waals surface area contributed by atoms with Crippen LogP contribution in [-0.4, -0.2) is 28.9 Å². The maximum absolute atomic E-state index is 13.5. The van der Waals surface area contributed by atoms with Crippen molar-refractivity contribution in [2.24, 2.45) is 0 Å². The first-order chi connectivity index (χ1) is 16.1. The molecule has 6 nitrogen and oxygen atoms in total. The third kappa shape index (κ3) is 5.29. The highest BCUT2D eigenvalue weighted by molar-refractivity contribution is 6.40. The van der Waals surface area contributed by atoms with Crippen molar-refractivity contribution in [1.82, 2.24) is 10.3 Å². The molecule has 1 aliphatic carbocycles. The second kappa shape index (κ2) is 9.32. The van der Waals surface area contributed by atoms with Gasteiger partial charge in [-0.2, -0.15) is 13.2 Å². The van der Waals surface area contributed by atoms with Gasteiger partial charge in [-0.15, -0.1) is 0 Å². The molecule has 3 aromatic rings. The summed E-state index contributed by atoms with van der Waals surface area (Å²) in [4.78, 5) is 27.4. The van der Waals surface area contributed by atoms with E-state index in [1.807, 2.05) is 0 Å². The van der Waals surface area contributed by atoms with Gasteiger partial charge >= 0.3 is 18.0 Å². The number of hydrogen-bond donors (Lipinski definition) is 3. The minimum absolute atomic E-state index is 0.126. The Morgan fingerprint density at radius 2 is 1.71 bits per heavy atom. The van der Waals surface area contributed by atoms with Crippen molar-refractivity contribution in [1.29, 1.82) is 0 Å². The number of fused-ring (bicyclic) bond motifs is 1. The van der Waals surface area contributed by atoms with E-state index in [4.69, 9.17) is 4.74 Å². The van der Waals surface area contributed by atoms with E-state index in [1.165, 1.54) is 18.3 Å². The zero-order valence-electron chi connectivity index (χ0n) is 17.6. The van der Waals surface area contributed by atoms with Crippen LogP contribution < -0.4 is 15.4 Å². The molecule has 1 saturated carbocycles. The average molecular weight is 481 g/mol. The van der Waals surface area contributed by atoms with Crippen molar-refractivity contribution < 1.29 is 36.3 Å². The fourth-order valence-corrected chi connectivity index (χ4v) is 3.95. The maximum atomic E-state index is 13.5. The lowest BCUT2D eigenvalue weighted by Gasteiger charge is -2.30. The molecule has 4 rings (SSSR count). The van der Waals surface area contributed by atoms with Gasteiger partial charge in [0.05, 0.1) is 16.8 Å². The van der Waals surface area contributed by atoms with E-state index in [9.17, 15) is 31.5 Å². The predicted octanol–water partition coefficient (Wildman–Crippen LogP) is 4.91. The molecule has 180 valence electrons. The second-order valence-electron chi connectivity index (χ2n) is 8.07. The van der Waals surface area contributed by atoms with E-state index in [-0.39, 0.29) is 34.5 Å². The van der Waals surface area contributed by atoms with Crippen LogP contribution in [0.3, 0.4) is 0 Å². The highest BCUT2D eigenvalue weighted by atomic mass is 19.4. The van der Waals surface area contributed by atoms with Gasteiger partial charge < -0.3 is 20.4 Å². The number of carbonyl (C=O) groups is 2. The van der Waals surface area contributed by atoms with Gasteiger partial charge in [-0.3, -0.25) is 9.59 Å². The van der Waals surface area contributed by atoms with Gasteiger partial charge in [0.25, 0.3) is 0 Å². The number of anilines is 1. The molecule has 11 heteroatoms. The summed E-state index contributed by atoms with van der Waals surface area (Å²) < 4.78 is 70.7. The first kappa shape index (κ1) is 23.5. The van der Waals surface area contributed by atoms with Gasteiger partial charge in [0, 0.05) is 30.1 Å². The fraction of sp³-hybridized carbons (Fsp3) is 0.304. The van der Waals surface area contributed by atoms with Crippen LogP contribution in [0.25, 0.3) is 10.9 Å². The summed E-state index contributed by atoms with van der Waals surface area (Å²) in [5.41, 5.74) is -0.394. The lowest BCUT2D eigenvalue weighted by atomic mass is 9.92. The van der Waals surface area contributed by atoms with Crippen LogP contribution in [0.5, 0.6) is 5.75 Å². The SMILES string of the molecule is O=C(Nc1c[nH]c2cc(F)c(F)cc12)C(=O)N[C@@H]1CCCC(Oc2ccc(C(F)(F)F)cc2)C1. The first-order valence-corrected chi connectivity index (χ1v) is 10.5. The van der Waals surface area contributed by atoms with Crippen molar-refractivity contribution >= 4 is 28.4 Å². The molecule has 0 spiro atoms. The molecule has 0 saturated heterocycles. The Bertz CT molecular complexity index is 1210. The summed E-state index contributed by atoms with van der Waals surface area (Å²) in [6, 6.07) is 5.85. The van der Waals surface area contributed by atoms with Gasteiger partial charge in [-0.25, -0.2) is 8.78 Å². The molecule has 34 heavy (non-hydrogen) atoms. The van der Waals surface area contributed by atoms with Gasteiger partial charge in [0.2, 0.25) is 0 Å². The van der Waals surface area contributed by atoms with Crippen LogP contribution in [0.2, 0.25) is 0 Å². The monoisotopic (exact) mass is 481 g/mol. The largest absolute Gasteiger partial charge is 0.490 e. The van der Waals surface area contributed by atoms with E-state index in [0.29, 0.717) is 25.7 Å². The zero-order chi connectivity index (χ0) is 24.5. The topological polar surface area (TPSA) is 83.2 Å². The standard InChI is InChI=1S/C23H20F5N3O3/c24-17-9-16-19(10-18(17)25)29-11-20(16)31-22(33)21(32)30-13-2-1-3-15(8-13)34-14-6-4-12(5-7-14)23(26,27)28/h4-7,9-11,13,15,29H,1-3,8H2,(H,30,32)(H,31,33)/t13-,15?/m1/s1. The van der Waals surface area contributed by atoms with Crippen LogP contribution in [-0.2, 0) is 15.8 Å². The number of aromatic nitrogens is 1. The quantitative estimate of drug-likeness (QED) is 0.366. The molecular weight excluding hydrogens is 461 g/mol. The maximum Gasteiger partial charge on any atom is 0.416 e. The molecule has 0 aliphatic heterocycles. The molecule has 2 aromatic carbocycles. The number of nitrogens with one attached hydrogen (secondary N) is 3. The van der Waals surface area contributed by atoms with E-state index in [2.05, 4.69) is 15.6 Å². The molecule has 2 amide bonds. The summed E-state index contributed by atoms with van der Waals surface area (Å²) in [6.45, 7) is 0. The number of benzene rings is 2. The lowest BCUT2D eigenvalue weighted by Crippen LogP contribution is -2.45. The molecule has 1 unspecified atom stereocenters. The molecule has 3 N–H and O–H groups in total. The van der Waals surface area contributed by atoms with Crippen LogP contribution >= 0.6 is 0 Å². The molecular formula is C23H20F5N3O3. The van der Waals surface area contributed by atoms with Gasteiger partial charge in [-0.1, -0.05) is 0 Å². The average Bonchev–Trinajstić information content (AvgIpc) is 3.15. The normalized spacial score (nSPS) is 18.5. The van der Waals surface area contributed by atoms with Crippen molar-refractivity contribution in [2.75, 3.05) is 5.32 Å². The fourth-order valence-electron chi connectivity index (χ4n) is 3.95. The van der Waals surface area contributed by atoms with Crippen molar-refractivity contribution in [3.05, 3.63) is 59.8 Å². The summed E-state index contributed by atoms with van der Waals surface area (Å²) in [6.07, 6.45) is -1.14. The van der Waals surface area contributed by atoms with Crippen LogP contribution in [0.4, 0.5) is 27.6 Å². The smallest absolute Gasteiger partial charge is 0.416 e. The molecule has 0 radical (unpaired) electrons. The minimum Gasteiger partial charge on any atom is -0.490 e. The molecule has 1 fully saturated rings. The van der Waals surface area contributed by atoms with E-state index < -0.39 is 35.2 Å². The molecule has 1 heterocycles. The van der Waals surface area contributed by atoms with E-state index >= 15 is 0 Å². The highest BCUT2D eigenvalue weighted by Gasteiger charge is 2.31. The van der Waals surface area contributed by atoms with E-state index in [0.717, 1.165) is 24.3 Å².